The Morgan fingerprint density at radius 1 is 1.19 bits per heavy atom. The lowest BCUT2D eigenvalue weighted by atomic mass is 9.89. The van der Waals surface area contributed by atoms with Crippen molar-refractivity contribution in [1.82, 2.24) is 10.2 Å². The molecule has 0 spiro atoms. The number of rotatable bonds is 5. The fraction of sp³-hybridized carbons (Fsp3) is 0.526. The highest BCUT2D eigenvalue weighted by Crippen LogP contribution is 2.23. The lowest BCUT2D eigenvalue weighted by molar-refractivity contribution is -0.147. The molecule has 1 saturated heterocycles. The van der Waals surface area contributed by atoms with Crippen molar-refractivity contribution in [3.63, 3.8) is 0 Å². The van der Waals surface area contributed by atoms with Crippen molar-refractivity contribution in [2.75, 3.05) is 13.1 Å². The second-order valence-electron chi connectivity index (χ2n) is 7.32. The van der Waals surface area contributed by atoms with Crippen LogP contribution in [0.25, 0.3) is 0 Å². The number of halogens is 1. The first kappa shape index (κ1) is 20.2. The fourth-order valence-electron chi connectivity index (χ4n) is 3.25. The Hall–Kier alpha value is -2.08. The van der Waals surface area contributed by atoms with Gasteiger partial charge in [-0.25, -0.2) is 0 Å². The van der Waals surface area contributed by atoms with E-state index < -0.39 is 17.9 Å². The van der Waals surface area contributed by atoms with Gasteiger partial charge in [-0.05, 0) is 42.5 Å². The van der Waals surface area contributed by atoms with Gasteiger partial charge in [0, 0.05) is 23.7 Å². The van der Waals surface area contributed by atoms with Crippen molar-refractivity contribution >= 4 is 29.4 Å². The molecule has 1 aromatic rings. The van der Waals surface area contributed by atoms with Crippen molar-refractivity contribution in [3.8, 4) is 0 Å². The first-order valence-electron chi connectivity index (χ1n) is 8.77. The van der Waals surface area contributed by atoms with Gasteiger partial charge in [-0.15, -0.1) is 0 Å². The van der Waals surface area contributed by atoms with E-state index in [9.17, 15) is 19.5 Å². The van der Waals surface area contributed by atoms with Crippen LogP contribution in [-0.2, 0) is 9.59 Å². The van der Waals surface area contributed by atoms with E-state index in [4.69, 9.17) is 11.6 Å². The monoisotopic (exact) mass is 380 g/mol. The highest BCUT2D eigenvalue weighted by Gasteiger charge is 2.36. The van der Waals surface area contributed by atoms with Gasteiger partial charge >= 0.3 is 5.97 Å². The number of carbonyl (C=O) groups is 3. The molecule has 0 radical (unpaired) electrons. The van der Waals surface area contributed by atoms with Crippen LogP contribution in [0, 0.1) is 17.8 Å². The minimum atomic E-state index is -0.888. The summed E-state index contributed by atoms with van der Waals surface area (Å²) in [5.41, 5.74) is 0.420. The van der Waals surface area contributed by atoms with Gasteiger partial charge in [0.05, 0.1) is 5.92 Å². The van der Waals surface area contributed by atoms with E-state index in [0.29, 0.717) is 23.6 Å². The van der Waals surface area contributed by atoms with Gasteiger partial charge in [-0.1, -0.05) is 32.4 Å². The Labute approximate surface area is 158 Å². The van der Waals surface area contributed by atoms with Gasteiger partial charge in [0.15, 0.2) is 0 Å². The molecule has 1 aliphatic rings. The molecule has 2 amide bonds. The standard InChI is InChI=1S/C19H25ClN2O4/c1-11(2)16(21-17(23)13-4-6-15(20)7-5-13)18(24)22-9-12(3)8-14(10-22)19(25)26/h4-7,11-12,14,16H,8-10H2,1-3H3,(H,21,23)(H,25,26). The molecule has 2 N–H and O–H groups in total. The van der Waals surface area contributed by atoms with E-state index in [-0.39, 0.29) is 30.2 Å². The third-order valence-corrected chi connectivity index (χ3v) is 4.90. The van der Waals surface area contributed by atoms with Crippen molar-refractivity contribution in [2.45, 2.75) is 33.2 Å². The molecule has 1 aliphatic heterocycles. The topological polar surface area (TPSA) is 86.7 Å². The van der Waals surface area contributed by atoms with Crippen LogP contribution in [0.1, 0.15) is 37.6 Å². The minimum absolute atomic E-state index is 0.105. The van der Waals surface area contributed by atoms with E-state index in [0.717, 1.165) is 0 Å². The maximum absolute atomic E-state index is 13.0. The molecule has 1 heterocycles. The van der Waals surface area contributed by atoms with Crippen LogP contribution in [0.2, 0.25) is 5.02 Å². The molecule has 2 rings (SSSR count). The number of benzene rings is 1. The largest absolute Gasteiger partial charge is 0.481 e. The van der Waals surface area contributed by atoms with Crippen molar-refractivity contribution in [3.05, 3.63) is 34.9 Å². The van der Waals surface area contributed by atoms with E-state index in [1.807, 2.05) is 20.8 Å². The maximum atomic E-state index is 13.0. The third kappa shape index (κ3) is 4.97. The SMILES string of the molecule is CC1CC(C(=O)O)CN(C(=O)C(NC(=O)c2ccc(Cl)cc2)C(C)C)C1. The van der Waals surface area contributed by atoms with Gasteiger partial charge in [-0.3, -0.25) is 14.4 Å². The molecule has 1 fully saturated rings. The number of amides is 2. The van der Waals surface area contributed by atoms with Crippen molar-refractivity contribution < 1.29 is 19.5 Å². The normalized spacial score (nSPS) is 21.3. The van der Waals surface area contributed by atoms with Crippen LogP contribution in [0.15, 0.2) is 24.3 Å². The number of nitrogens with zero attached hydrogens (tertiary/aromatic N) is 1. The fourth-order valence-corrected chi connectivity index (χ4v) is 3.37. The molecule has 26 heavy (non-hydrogen) atoms. The van der Waals surface area contributed by atoms with Gasteiger partial charge in [0.2, 0.25) is 5.91 Å². The average Bonchev–Trinajstić information content (AvgIpc) is 2.58. The number of carboxylic acid groups (broad SMARTS) is 1. The molecular weight excluding hydrogens is 356 g/mol. The van der Waals surface area contributed by atoms with Gasteiger partial charge in [0.25, 0.3) is 5.91 Å². The maximum Gasteiger partial charge on any atom is 0.308 e. The van der Waals surface area contributed by atoms with E-state index in [1.165, 1.54) is 0 Å². The molecular formula is C19H25ClN2O4. The Morgan fingerprint density at radius 3 is 2.35 bits per heavy atom. The average molecular weight is 381 g/mol. The van der Waals surface area contributed by atoms with Crippen LogP contribution >= 0.6 is 11.6 Å². The Bertz CT molecular complexity index is 675. The van der Waals surface area contributed by atoms with Crippen LogP contribution < -0.4 is 5.32 Å². The molecule has 0 aromatic heterocycles. The molecule has 1 aromatic carbocycles. The molecule has 6 nitrogen and oxygen atoms in total. The van der Waals surface area contributed by atoms with Crippen molar-refractivity contribution in [2.24, 2.45) is 17.8 Å². The zero-order valence-electron chi connectivity index (χ0n) is 15.2. The molecule has 0 bridgehead atoms. The summed E-state index contributed by atoms with van der Waals surface area (Å²) in [5.74, 6) is -2.07. The predicted octanol–water partition coefficient (Wildman–Crippen LogP) is 2.66. The Balaban J connectivity index is 2.12. The summed E-state index contributed by atoms with van der Waals surface area (Å²) in [5, 5.41) is 12.6. The number of aliphatic carboxylic acids is 1. The minimum Gasteiger partial charge on any atom is -0.481 e. The number of hydrogen-bond acceptors (Lipinski definition) is 3. The van der Waals surface area contributed by atoms with E-state index in [1.54, 1.807) is 29.2 Å². The number of piperidine rings is 1. The van der Waals surface area contributed by atoms with Crippen molar-refractivity contribution in [1.29, 1.82) is 0 Å². The lowest BCUT2D eigenvalue weighted by Crippen LogP contribution is -2.55. The lowest BCUT2D eigenvalue weighted by Gasteiger charge is -2.37. The highest BCUT2D eigenvalue weighted by molar-refractivity contribution is 6.30. The summed E-state index contributed by atoms with van der Waals surface area (Å²) in [4.78, 5) is 38.4. The number of nitrogens with one attached hydrogen (secondary N) is 1. The third-order valence-electron chi connectivity index (χ3n) is 4.65. The number of carbonyl (C=O) groups excluding carboxylic acids is 2. The second kappa shape index (κ2) is 8.54. The highest BCUT2D eigenvalue weighted by atomic mass is 35.5. The summed E-state index contributed by atoms with van der Waals surface area (Å²) >= 11 is 5.84. The zero-order chi connectivity index (χ0) is 19.4. The second-order valence-corrected chi connectivity index (χ2v) is 7.76. The summed E-state index contributed by atoms with van der Waals surface area (Å²) < 4.78 is 0. The molecule has 0 aliphatic carbocycles. The van der Waals surface area contributed by atoms with Crippen LogP contribution in [0.5, 0.6) is 0 Å². The van der Waals surface area contributed by atoms with Crippen LogP contribution in [0.4, 0.5) is 0 Å². The van der Waals surface area contributed by atoms with E-state index in [2.05, 4.69) is 5.32 Å². The zero-order valence-corrected chi connectivity index (χ0v) is 16.0. The number of hydrogen-bond donors (Lipinski definition) is 2. The summed E-state index contributed by atoms with van der Waals surface area (Å²) in [6.45, 7) is 6.33. The molecule has 0 saturated carbocycles. The van der Waals surface area contributed by atoms with Gasteiger partial charge < -0.3 is 15.3 Å². The number of likely N-dealkylation sites (tertiary alicyclic amines) is 1. The summed E-state index contributed by atoms with van der Waals surface area (Å²) in [6, 6.07) is 5.73. The summed E-state index contributed by atoms with van der Waals surface area (Å²) in [7, 11) is 0. The van der Waals surface area contributed by atoms with Gasteiger partial charge in [-0.2, -0.15) is 0 Å². The number of carboxylic acids is 1. The smallest absolute Gasteiger partial charge is 0.308 e. The molecule has 7 heteroatoms. The van der Waals surface area contributed by atoms with Crippen LogP contribution in [0.3, 0.4) is 0 Å². The Morgan fingerprint density at radius 2 is 1.81 bits per heavy atom. The predicted molar refractivity (Wildman–Crippen MR) is 99.0 cm³/mol. The first-order chi connectivity index (χ1) is 12.2. The van der Waals surface area contributed by atoms with Gasteiger partial charge in [0.1, 0.15) is 6.04 Å². The first-order valence-corrected chi connectivity index (χ1v) is 9.14. The molecule has 3 unspecified atom stereocenters. The molecule has 3 atom stereocenters. The Kier molecular flexibility index (Phi) is 6.64. The van der Waals surface area contributed by atoms with Crippen LogP contribution in [-0.4, -0.2) is 46.9 Å². The molecule has 142 valence electrons. The summed E-state index contributed by atoms with van der Waals surface area (Å²) in [6.07, 6.45) is 0.558. The van der Waals surface area contributed by atoms with E-state index >= 15 is 0 Å². The quantitative estimate of drug-likeness (QED) is 0.822.